The first-order valence-electron chi connectivity index (χ1n) is 4.48. The summed E-state index contributed by atoms with van der Waals surface area (Å²) in [6.07, 6.45) is 7.92. The Labute approximate surface area is 80.9 Å². The zero-order chi connectivity index (χ0) is 9.54. The summed E-state index contributed by atoms with van der Waals surface area (Å²) in [5.74, 6) is 0.100. The quantitative estimate of drug-likeness (QED) is 0.628. The van der Waals surface area contributed by atoms with E-state index in [0.29, 0.717) is 0 Å². The number of rotatable bonds is 0. The molecule has 0 bridgehead atoms. The van der Waals surface area contributed by atoms with Crippen LogP contribution >= 0.6 is 0 Å². The Hall–Kier alpha value is -2.02. The number of hydrazone groups is 1. The number of hydrogen-bond donors (Lipinski definition) is 2. The van der Waals surface area contributed by atoms with Gasteiger partial charge in [0.15, 0.2) is 0 Å². The van der Waals surface area contributed by atoms with Crippen molar-refractivity contribution in [2.75, 3.05) is 0 Å². The fourth-order valence-electron chi connectivity index (χ4n) is 1.95. The van der Waals surface area contributed by atoms with Gasteiger partial charge in [0.05, 0.1) is 17.7 Å². The van der Waals surface area contributed by atoms with Gasteiger partial charge in [0.1, 0.15) is 6.04 Å². The third kappa shape index (κ3) is 0.787. The Morgan fingerprint density at radius 1 is 1.43 bits per heavy atom. The van der Waals surface area contributed by atoms with Crippen molar-refractivity contribution in [2.24, 2.45) is 11.0 Å². The molecule has 0 spiro atoms. The van der Waals surface area contributed by atoms with Crippen LogP contribution in [0.25, 0.3) is 6.08 Å². The number of nitrogens with zero attached hydrogens (tertiary/aromatic N) is 2. The molecular weight excluding hydrogens is 176 g/mol. The molecule has 2 aliphatic rings. The van der Waals surface area contributed by atoms with Crippen LogP contribution in [0.1, 0.15) is 11.1 Å². The van der Waals surface area contributed by atoms with Crippen LogP contribution in [-0.4, -0.2) is 16.7 Å². The topological polar surface area (TPSA) is 64.0 Å². The lowest BCUT2D eigenvalue weighted by atomic mass is 9.87. The van der Waals surface area contributed by atoms with Crippen LogP contribution in [-0.2, 0) is 0 Å². The molecule has 68 valence electrons. The highest BCUT2D eigenvalue weighted by Gasteiger charge is 2.33. The average molecular weight is 184 g/mol. The third-order valence-electron chi connectivity index (χ3n) is 2.67. The van der Waals surface area contributed by atoms with Gasteiger partial charge in [0.2, 0.25) is 0 Å². The highest BCUT2D eigenvalue weighted by Crippen LogP contribution is 2.28. The van der Waals surface area contributed by atoms with Gasteiger partial charge in [-0.25, -0.2) is 0 Å². The van der Waals surface area contributed by atoms with E-state index in [1.165, 1.54) is 0 Å². The summed E-state index contributed by atoms with van der Waals surface area (Å²) in [6.45, 7) is 0. The van der Waals surface area contributed by atoms with Gasteiger partial charge in [-0.05, 0) is 0 Å². The van der Waals surface area contributed by atoms with E-state index in [2.05, 4.69) is 21.6 Å². The van der Waals surface area contributed by atoms with Crippen molar-refractivity contribution in [3.05, 3.63) is 29.6 Å². The molecule has 4 heteroatoms. The Morgan fingerprint density at radius 3 is 3.21 bits per heavy atom. The molecular formula is C10H8N4. The Kier molecular flexibility index (Phi) is 1.31. The predicted octanol–water partition coefficient (Wildman–Crippen LogP) is 0.857. The number of H-pyrrole nitrogens is 1. The van der Waals surface area contributed by atoms with Gasteiger partial charge in [0.25, 0.3) is 0 Å². The summed E-state index contributed by atoms with van der Waals surface area (Å²) in [4.78, 5) is 3.04. The number of fused-ring (bicyclic) bond motifs is 3. The molecule has 0 saturated heterocycles. The summed E-state index contributed by atoms with van der Waals surface area (Å²) < 4.78 is 0. The molecule has 2 atom stereocenters. The molecule has 0 fully saturated rings. The van der Waals surface area contributed by atoms with Gasteiger partial charge >= 0.3 is 0 Å². The highest BCUT2D eigenvalue weighted by atomic mass is 15.3. The largest absolute Gasteiger partial charge is 0.366 e. The Bertz CT molecular complexity index is 475. The fraction of sp³-hybridized carbons (Fsp3) is 0.200. The molecule has 1 aromatic rings. The summed E-state index contributed by atoms with van der Waals surface area (Å²) in [5, 5.41) is 13.1. The normalized spacial score (nSPS) is 27.2. The zero-order valence-corrected chi connectivity index (χ0v) is 7.36. The highest BCUT2D eigenvalue weighted by molar-refractivity contribution is 6.09. The van der Waals surface area contributed by atoms with Crippen LogP contribution in [0.4, 0.5) is 0 Å². The van der Waals surface area contributed by atoms with Crippen LogP contribution < -0.4 is 5.43 Å². The van der Waals surface area contributed by atoms with Crippen molar-refractivity contribution in [3.8, 4) is 6.07 Å². The van der Waals surface area contributed by atoms with E-state index in [4.69, 9.17) is 5.26 Å². The van der Waals surface area contributed by atoms with Crippen molar-refractivity contribution in [3.63, 3.8) is 0 Å². The van der Waals surface area contributed by atoms with E-state index in [-0.39, 0.29) is 12.0 Å². The predicted molar refractivity (Wildman–Crippen MR) is 52.4 cm³/mol. The number of hydrogen-bond acceptors (Lipinski definition) is 3. The third-order valence-corrected chi connectivity index (χ3v) is 2.67. The molecule has 0 amide bonds. The van der Waals surface area contributed by atoms with Crippen molar-refractivity contribution < 1.29 is 0 Å². The van der Waals surface area contributed by atoms with Gasteiger partial charge in [0, 0.05) is 23.5 Å². The molecule has 14 heavy (non-hydrogen) atoms. The smallest absolute Gasteiger partial charge is 0.142 e. The maximum atomic E-state index is 8.88. The first kappa shape index (κ1) is 7.39. The van der Waals surface area contributed by atoms with E-state index in [1.807, 2.05) is 24.5 Å². The summed E-state index contributed by atoms with van der Waals surface area (Å²) in [5.41, 5.74) is 6.05. The standard InChI is InChI=1S/C10H8N4/c11-3-9-7-2-1-6-4-12-5-8(6)10(7)14-13-9/h1-2,4-5,7,9,12-13H. The molecule has 1 aliphatic heterocycles. The molecule has 2 heterocycles. The molecule has 4 nitrogen and oxygen atoms in total. The second-order valence-electron chi connectivity index (χ2n) is 3.44. The van der Waals surface area contributed by atoms with Gasteiger partial charge in [-0.3, -0.25) is 5.43 Å². The second kappa shape index (κ2) is 2.48. The minimum absolute atomic E-state index is 0.100. The fourth-order valence-corrected chi connectivity index (χ4v) is 1.95. The number of nitrogens with one attached hydrogen (secondary N) is 2. The summed E-state index contributed by atoms with van der Waals surface area (Å²) in [6, 6.07) is 1.98. The van der Waals surface area contributed by atoms with Gasteiger partial charge in [-0.15, -0.1) is 0 Å². The van der Waals surface area contributed by atoms with Crippen LogP contribution in [0.3, 0.4) is 0 Å². The molecule has 3 rings (SSSR count). The molecule has 0 aromatic carbocycles. The Morgan fingerprint density at radius 2 is 2.36 bits per heavy atom. The second-order valence-corrected chi connectivity index (χ2v) is 3.44. The van der Waals surface area contributed by atoms with E-state index in [0.717, 1.165) is 16.8 Å². The maximum absolute atomic E-state index is 8.88. The van der Waals surface area contributed by atoms with Gasteiger partial charge < -0.3 is 4.98 Å². The first-order chi connectivity index (χ1) is 6.90. The summed E-state index contributed by atoms with van der Waals surface area (Å²) >= 11 is 0. The minimum atomic E-state index is -0.218. The lowest BCUT2D eigenvalue weighted by Crippen LogP contribution is -2.27. The maximum Gasteiger partial charge on any atom is 0.142 e. The first-order valence-corrected chi connectivity index (χ1v) is 4.48. The summed E-state index contributed by atoms with van der Waals surface area (Å²) in [7, 11) is 0. The van der Waals surface area contributed by atoms with Crippen LogP contribution in [0.5, 0.6) is 0 Å². The van der Waals surface area contributed by atoms with Crippen LogP contribution in [0.2, 0.25) is 0 Å². The Balaban J connectivity index is 2.12. The van der Waals surface area contributed by atoms with Crippen molar-refractivity contribution in [2.45, 2.75) is 6.04 Å². The lowest BCUT2D eigenvalue weighted by Gasteiger charge is -2.14. The van der Waals surface area contributed by atoms with Crippen LogP contribution in [0.15, 0.2) is 23.6 Å². The van der Waals surface area contributed by atoms with Crippen LogP contribution in [0, 0.1) is 17.2 Å². The van der Waals surface area contributed by atoms with Gasteiger partial charge in [-0.1, -0.05) is 12.2 Å². The van der Waals surface area contributed by atoms with E-state index < -0.39 is 0 Å². The number of nitriles is 1. The average Bonchev–Trinajstić information content (AvgIpc) is 2.82. The molecule has 2 N–H and O–H groups in total. The molecule has 1 aliphatic carbocycles. The van der Waals surface area contributed by atoms with Gasteiger partial charge in [-0.2, -0.15) is 10.4 Å². The zero-order valence-electron chi connectivity index (χ0n) is 7.36. The van der Waals surface area contributed by atoms with Crippen molar-refractivity contribution >= 4 is 11.8 Å². The van der Waals surface area contributed by atoms with E-state index in [1.54, 1.807) is 0 Å². The SMILES string of the molecule is N#CC1NN=C2c3c[nH]cc3C=CC21. The molecule has 1 aromatic heterocycles. The minimum Gasteiger partial charge on any atom is -0.366 e. The number of aromatic amines is 1. The van der Waals surface area contributed by atoms with E-state index >= 15 is 0 Å². The lowest BCUT2D eigenvalue weighted by molar-refractivity contribution is 0.637. The van der Waals surface area contributed by atoms with Crippen molar-refractivity contribution in [1.29, 1.82) is 5.26 Å². The molecule has 2 unspecified atom stereocenters. The molecule has 0 saturated carbocycles. The monoisotopic (exact) mass is 184 g/mol. The van der Waals surface area contributed by atoms with E-state index in [9.17, 15) is 0 Å². The van der Waals surface area contributed by atoms with Crippen molar-refractivity contribution in [1.82, 2.24) is 10.4 Å². The number of aromatic nitrogens is 1. The molecule has 0 radical (unpaired) electrons.